The predicted molar refractivity (Wildman–Crippen MR) is 93.2 cm³/mol. The Bertz CT molecular complexity index is 746. The summed E-state index contributed by atoms with van der Waals surface area (Å²) in [5.41, 5.74) is 1.93. The number of benzene rings is 2. The molecule has 0 radical (unpaired) electrons. The van der Waals surface area contributed by atoms with Crippen LogP contribution in [-0.2, 0) is 16.0 Å². The molecule has 0 unspecified atom stereocenters. The van der Waals surface area contributed by atoms with Crippen LogP contribution in [0.15, 0.2) is 54.6 Å². The van der Waals surface area contributed by atoms with Crippen LogP contribution in [0.2, 0.25) is 0 Å². The van der Waals surface area contributed by atoms with Crippen molar-refractivity contribution in [3.63, 3.8) is 0 Å². The molecular weight excluding hydrogens is 319 g/mol. The fourth-order valence-corrected chi connectivity index (χ4v) is 3.33. The normalized spacial score (nSPS) is 19.9. The van der Waals surface area contributed by atoms with Crippen molar-refractivity contribution in [3.8, 4) is 0 Å². The standard InChI is InChI=1S/C20H21FN2O2/c1-23-18(24)13-17(19(23)15-7-9-16(21)10-8-15)20(25)22-12-11-14-5-3-2-4-6-14/h2-10,17,19H,11-13H2,1H3,(H,22,25)/t17-,19+/m1/s1. The minimum absolute atomic E-state index is 0.0717. The molecule has 0 saturated carbocycles. The molecule has 130 valence electrons. The Labute approximate surface area is 146 Å². The van der Waals surface area contributed by atoms with Crippen LogP contribution in [0.1, 0.15) is 23.6 Å². The van der Waals surface area contributed by atoms with E-state index in [0.717, 1.165) is 17.5 Å². The lowest BCUT2D eigenvalue weighted by Gasteiger charge is -2.25. The van der Waals surface area contributed by atoms with Crippen LogP contribution in [0.3, 0.4) is 0 Å². The molecule has 2 aromatic rings. The van der Waals surface area contributed by atoms with Gasteiger partial charge in [0.05, 0.1) is 12.0 Å². The highest BCUT2D eigenvalue weighted by Crippen LogP contribution is 2.37. The second-order valence-electron chi connectivity index (χ2n) is 6.34. The summed E-state index contributed by atoms with van der Waals surface area (Å²) in [6, 6.07) is 15.5. The first kappa shape index (κ1) is 17.1. The zero-order valence-electron chi connectivity index (χ0n) is 14.1. The highest BCUT2D eigenvalue weighted by atomic mass is 19.1. The SMILES string of the molecule is CN1C(=O)C[C@@H](C(=O)NCCc2ccccc2)[C@@H]1c1ccc(F)cc1. The third kappa shape index (κ3) is 3.87. The second-order valence-corrected chi connectivity index (χ2v) is 6.34. The number of hydrogen-bond donors (Lipinski definition) is 1. The van der Waals surface area contributed by atoms with Crippen molar-refractivity contribution in [1.29, 1.82) is 0 Å². The fourth-order valence-electron chi connectivity index (χ4n) is 3.33. The minimum atomic E-state index is -0.460. The molecule has 2 atom stereocenters. The lowest BCUT2D eigenvalue weighted by molar-refractivity contribution is -0.128. The topological polar surface area (TPSA) is 49.4 Å². The molecule has 5 heteroatoms. The number of likely N-dealkylation sites (tertiary alicyclic amines) is 1. The first-order valence-electron chi connectivity index (χ1n) is 8.39. The molecule has 2 amide bonds. The molecule has 1 saturated heterocycles. The van der Waals surface area contributed by atoms with Crippen LogP contribution in [0, 0.1) is 11.7 Å². The molecular formula is C20H21FN2O2. The largest absolute Gasteiger partial charge is 0.355 e. The number of nitrogens with zero attached hydrogens (tertiary/aromatic N) is 1. The van der Waals surface area contributed by atoms with Crippen LogP contribution in [0.4, 0.5) is 4.39 Å². The van der Waals surface area contributed by atoms with Gasteiger partial charge in [0.2, 0.25) is 11.8 Å². The Morgan fingerprint density at radius 2 is 1.84 bits per heavy atom. The molecule has 0 spiro atoms. The number of rotatable bonds is 5. The number of carbonyl (C=O) groups is 2. The van der Waals surface area contributed by atoms with Gasteiger partial charge in [0.1, 0.15) is 5.82 Å². The van der Waals surface area contributed by atoms with Gasteiger partial charge in [-0.05, 0) is 29.7 Å². The van der Waals surface area contributed by atoms with E-state index in [4.69, 9.17) is 0 Å². The van der Waals surface area contributed by atoms with Gasteiger partial charge in [-0.2, -0.15) is 0 Å². The highest BCUT2D eigenvalue weighted by Gasteiger charge is 2.42. The number of carbonyl (C=O) groups excluding carboxylic acids is 2. The molecule has 1 aliphatic rings. The van der Waals surface area contributed by atoms with Crippen molar-refractivity contribution in [3.05, 3.63) is 71.5 Å². The van der Waals surface area contributed by atoms with Crippen molar-refractivity contribution in [1.82, 2.24) is 10.2 Å². The molecule has 4 nitrogen and oxygen atoms in total. The van der Waals surface area contributed by atoms with Crippen molar-refractivity contribution in [2.75, 3.05) is 13.6 Å². The minimum Gasteiger partial charge on any atom is -0.355 e. The van der Waals surface area contributed by atoms with Gasteiger partial charge in [0, 0.05) is 20.0 Å². The van der Waals surface area contributed by atoms with Crippen molar-refractivity contribution in [2.45, 2.75) is 18.9 Å². The van der Waals surface area contributed by atoms with E-state index in [0.29, 0.717) is 6.54 Å². The maximum atomic E-state index is 13.2. The van der Waals surface area contributed by atoms with Crippen molar-refractivity contribution < 1.29 is 14.0 Å². The van der Waals surface area contributed by atoms with Crippen LogP contribution in [0.5, 0.6) is 0 Å². The van der Waals surface area contributed by atoms with E-state index in [9.17, 15) is 14.0 Å². The highest BCUT2D eigenvalue weighted by molar-refractivity contribution is 5.90. The molecule has 0 bridgehead atoms. The molecule has 3 rings (SSSR count). The summed E-state index contributed by atoms with van der Waals surface area (Å²) in [6.07, 6.45) is 0.917. The van der Waals surface area contributed by atoms with E-state index in [1.807, 2.05) is 30.3 Å². The smallest absolute Gasteiger partial charge is 0.226 e. The molecule has 1 N–H and O–H groups in total. The van der Waals surface area contributed by atoms with Crippen LogP contribution in [-0.4, -0.2) is 30.3 Å². The number of hydrogen-bond acceptors (Lipinski definition) is 2. The Morgan fingerprint density at radius 3 is 2.52 bits per heavy atom. The summed E-state index contributed by atoms with van der Waals surface area (Å²) in [7, 11) is 1.69. The quantitative estimate of drug-likeness (QED) is 0.910. The van der Waals surface area contributed by atoms with Gasteiger partial charge in [-0.3, -0.25) is 9.59 Å². The molecule has 2 aromatic carbocycles. The lowest BCUT2D eigenvalue weighted by Crippen LogP contribution is -2.35. The summed E-state index contributed by atoms with van der Waals surface area (Å²) >= 11 is 0. The Morgan fingerprint density at radius 1 is 1.16 bits per heavy atom. The van der Waals surface area contributed by atoms with Gasteiger partial charge >= 0.3 is 0 Å². The fraction of sp³-hybridized carbons (Fsp3) is 0.300. The molecule has 0 aliphatic carbocycles. The molecule has 25 heavy (non-hydrogen) atoms. The molecule has 1 aliphatic heterocycles. The maximum Gasteiger partial charge on any atom is 0.226 e. The summed E-state index contributed by atoms with van der Waals surface area (Å²) < 4.78 is 13.2. The summed E-state index contributed by atoms with van der Waals surface area (Å²) in [5.74, 6) is -1.00. The van der Waals surface area contributed by atoms with E-state index in [1.54, 1.807) is 24.1 Å². The van der Waals surface area contributed by atoms with Crippen LogP contribution < -0.4 is 5.32 Å². The average Bonchev–Trinajstić information content (AvgIpc) is 2.92. The Balaban J connectivity index is 1.67. The van der Waals surface area contributed by atoms with Gasteiger partial charge in [-0.1, -0.05) is 42.5 Å². The third-order valence-electron chi connectivity index (χ3n) is 4.69. The van der Waals surface area contributed by atoms with E-state index < -0.39 is 5.92 Å². The van der Waals surface area contributed by atoms with E-state index in [-0.39, 0.29) is 30.1 Å². The van der Waals surface area contributed by atoms with Gasteiger partial charge in [0.15, 0.2) is 0 Å². The number of halogens is 1. The van der Waals surface area contributed by atoms with Crippen molar-refractivity contribution in [2.24, 2.45) is 5.92 Å². The van der Waals surface area contributed by atoms with Crippen LogP contribution in [0.25, 0.3) is 0 Å². The Kier molecular flexibility index (Phi) is 5.12. The monoisotopic (exact) mass is 340 g/mol. The zero-order valence-corrected chi connectivity index (χ0v) is 14.1. The van der Waals surface area contributed by atoms with Crippen molar-refractivity contribution >= 4 is 11.8 Å². The third-order valence-corrected chi connectivity index (χ3v) is 4.69. The zero-order chi connectivity index (χ0) is 17.8. The average molecular weight is 340 g/mol. The second kappa shape index (κ2) is 7.47. The van der Waals surface area contributed by atoms with E-state index in [2.05, 4.69) is 5.32 Å². The molecule has 1 heterocycles. The molecule has 0 aromatic heterocycles. The van der Waals surface area contributed by atoms with E-state index in [1.165, 1.54) is 12.1 Å². The summed E-state index contributed by atoms with van der Waals surface area (Å²) in [6.45, 7) is 0.521. The van der Waals surface area contributed by atoms with Gasteiger partial charge in [-0.15, -0.1) is 0 Å². The van der Waals surface area contributed by atoms with Gasteiger partial charge in [-0.25, -0.2) is 4.39 Å². The van der Waals surface area contributed by atoms with Gasteiger partial charge in [0.25, 0.3) is 0 Å². The number of amides is 2. The number of nitrogens with one attached hydrogen (secondary N) is 1. The first-order chi connectivity index (χ1) is 12.1. The Hall–Kier alpha value is -2.69. The molecule has 1 fully saturated rings. The maximum absolute atomic E-state index is 13.2. The summed E-state index contributed by atoms with van der Waals surface area (Å²) in [5, 5.41) is 2.93. The lowest BCUT2D eigenvalue weighted by atomic mass is 9.93. The van der Waals surface area contributed by atoms with Crippen LogP contribution >= 0.6 is 0 Å². The summed E-state index contributed by atoms with van der Waals surface area (Å²) in [4.78, 5) is 26.3. The van der Waals surface area contributed by atoms with Gasteiger partial charge < -0.3 is 10.2 Å². The first-order valence-corrected chi connectivity index (χ1v) is 8.39. The predicted octanol–water partition coefficient (Wildman–Crippen LogP) is 2.70. The van der Waals surface area contributed by atoms with E-state index >= 15 is 0 Å².